The highest BCUT2D eigenvalue weighted by Crippen LogP contribution is 2.45. The maximum atomic E-state index is 13.6. The summed E-state index contributed by atoms with van der Waals surface area (Å²) in [5.74, 6) is -1.16. The minimum absolute atomic E-state index is 0.0218. The van der Waals surface area contributed by atoms with Gasteiger partial charge in [-0.1, -0.05) is 48.5 Å². The SMILES string of the molecule is CC1(C(=O)O)CCCN(C(=O)C(C)(NC(=O)OCC2c3ccccc3-c3ccccc32)C2CC2)C1. The van der Waals surface area contributed by atoms with Gasteiger partial charge in [0.25, 0.3) is 0 Å². The van der Waals surface area contributed by atoms with E-state index in [2.05, 4.69) is 29.6 Å². The Hall–Kier alpha value is -3.35. The summed E-state index contributed by atoms with van der Waals surface area (Å²) in [6.07, 6.45) is 2.23. The number of amides is 2. The number of hydrogen-bond donors (Lipinski definition) is 2. The molecular formula is C28H32N2O5. The third kappa shape index (κ3) is 4.17. The molecule has 1 aliphatic heterocycles. The highest BCUT2D eigenvalue weighted by molar-refractivity contribution is 5.91. The molecule has 2 amide bonds. The summed E-state index contributed by atoms with van der Waals surface area (Å²) >= 11 is 0. The Kier molecular flexibility index (Phi) is 5.82. The molecule has 2 aromatic rings. The van der Waals surface area contributed by atoms with Crippen LogP contribution < -0.4 is 5.32 Å². The molecule has 1 saturated heterocycles. The van der Waals surface area contributed by atoms with Crippen LogP contribution in [0.2, 0.25) is 0 Å². The van der Waals surface area contributed by atoms with Crippen molar-refractivity contribution in [2.75, 3.05) is 19.7 Å². The average molecular weight is 477 g/mol. The van der Waals surface area contributed by atoms with Crippen LogP contribution in [0, 0.1) is 11.3 Å². The zero-order valence-corrected chi connectivity index (χ0v) is 20.3. The Morgan fingerprint density at radius 2 is 1.69 bits per heavy atom. The lowest BCUT2D eigenvalue weighted by Crippen LogP contribution is -2.62. The summed E-state index contributed by atoms with van der Waals surface area (Å²) in [5.41, 5.74) is 2.48. The monoisotopic (exact) mass is 476 g/mol. The number of likely N-dealkylation sites (tertiary alicyclic amines) is 1. The molecular weight excluding hydrogens is 444 g/mol. The topological polar surface area (TPSA) is 95.9 Å². The van der Waals surface area contributed by atoms with Crippen molar-refractivity contribution >= 4 is 18.0 Å². The second kappa shape index (κ2) is 8.70. The molecule has 0 bridgehead atoms. The lowest BCUT2D eigenvalue weighted by atomic mass is 9.81. The maximum Gasteiger partial charge on any atom is 0.408 e. The number of hydrogen-bond acceptors (Lipinski definition) is 4. The molecule has 7 nitrogen and oxygen atoms in total. The molecule has 2 atom stereocenters. The second-order valence-corrected chi connectivity index (χ2v) is 10.6. The van der Waals surface area contributed by atoms with E-state index in [0.29, 0.717) is 19.4 Å². The number of carbonyl (C=O) groups excluding carboxylic acids is 2. The summed E-state index contributed by atoms with van der Waals surface area (Å²) in [6, 6.07) is 16.3. The van der Waals surface area contributed by atoms with E-state index in [1.54, 1.807) is 18.7 Å². The van der Waals surface area contributed by atoms with Crippen molar-refractivity contribution in [3.05, 3.63) is 59.7 Å². The van der Waals surface area contributed by atoms with Gasteiger partial charge < -0.3 is 20.1 Å². The van der Waals surface area contributed by atoms with E-state index in [9.17, 15) is 19.5 Å². The number of alkyl carbamates (subject to hydrolysis) is 1. The Morgan fingerprint density at radius 3 is 2.26 bits per heavy atom. The summed E-state index contributed by atoms with van der Waals surface area (Å²) in [5, 5.41) is 12.5. The van der Waals surface area contributed by atoms with Gasteiger partial charge in [-0.3, -0.25) is 9.59 Å². The molecule has 2 aliphatic carbocycles. The molecule has 2 N–H and O–H groups in total. The molecule has 35 heavy (non-hydrogen) atoms. The van der Waals surface area contributed by atoms with Crippen molar-refractivity contribution < 1.29 is 24.2 Å². The highest BCUT2D eigenvalue weighted by atomic mass is 16.5. The van der Waals surface area contributed by atoms with Crippen LogP contribution in [0.4, 0.5) is 4.79 Å². The minimum atomic E-state index is -1.11. The molecule has 184 valence electrons. The van der Waals surface area contributed by atoms with E-state index in [4.69, 9.17) is 4.74 Å². The van der Waals surface area contributed by atoms with Crippen LogP contribution in [0.3, 0.4) is 0 Å². The van der Waals surface area contributed by atoms with Gasteiger partial charge in [-0.05, 0) is 67.7 Å². The minimum Gasteiger partial charge on any atom is -0.481 e. The number of carbonyl (C=O) groups is 3. The second-order valence-electron chi connectivity index (χ2n) is 10.6. The predicted molar refractivity (Wildman–Crippen MR) is 131 cm³/mol. The molecule has 0 aromatic heterocycles. The van der Waals surface area contributed by atoms with Crippen LogP contribution in [0.15, 0.2) is 48.5 Å². The third-order valence-electron chi connectivity index (χ3n) is 8.04. The number of benzene rings is 2. The first-order valence-corrected chi connectivity index (χ1v) is 12.4. The van der Waals surface area contributed by atoms with Gasteiger partial charge in [-0.2, -0.15) is 0 Å². The van der Waals surface area contributed by atoms with Gasteiger partial charge in [0.15, 0.2) is 0 Å². The van der Waals surface area contributed by atoms with E-state index in [0.717, 1.165) is 35.1 Å². The van der Waals surface area contributed by atoms with Crippen molar-refractivity contribution in [1.82, 2.24) is 10.2 Å². The Balaban J connectivity index is 1.29. The summed E-state index contributed by atoms with van der Waals surface area (Å²) in [4.78, 5) is 40.0. The number of nitrogens with zero attached hydrogens (tertiary/aromatic N) is 1. The fraction of sp³-hybridized carbons (Fsp3) is 0.464. The number of rotatable bonds is 6. The first-order valence-electron chi connectivity index (χ1n) is 12.4. The fourth-order valence-corrected chi connectivity index (χ4v) is 5.75. The van der Waals surface area contributed by atoms with Crippen LogP contribution in [-0.2, 0) is 14.3 Å². The smallest absolute Gasteiger partial charge is 0.408 e. The Morgan fingerprint density at radius 1 is 1.09 bits per heavy atom. The third-order valence-corrected chi connectivity index (χ3v) is 8.04. The lowest BCUT2D eigenvalue weighted by molar-refractivity contribution is -0.155. The summed E-state index contributed by atoms with van der Waals surface area (Å²) in [7, 11) is 0. The van der Waals surface area contributed by atoms with E-state index in [1.165, 1.54) is 0 Å². The van der Waals surface area contributed by atoms with Crippen LogP contribution >= 0.6 is 0 Å². The zero-order chi connectivity index (χ0) is 24.8. The fourth-order valence-electron chi connectivity index (χ4n) is 5.75. The van der Waals surface area contributed by atoms with E-state index < -0.39 is 23.0 Å². The van der Waals surface area contributed by atoms with Crippen LogP contribution in [0.1, 0.15) is 56.6 Å². The van der Waals surface area contributed by atoms with Crippen molar-refractivity contribution in [3.63, 3.8) is 0 Å². The number of carboxylic acids is 1. The number of ether oxygens (including phenoxy) is 1. The van der Waals surface area contributed by atoms with Crippen molar-refractivity contribution in [2.24, 2.45) is 11.3 Å². The molecule has 5 rings (SSSR count). The van der Waals surface area contributed by atoms with Gasteiger partial charge in [-0.25, -0.2) is 4.79 Å². The quantitative estimate of drug-likeness (QED) is 0.644. The summed E-state index contributed by atoms with van der Waals surface area (Å²) in [6.45, 7) is 4.26. The average Bonchev–Trinajstić information content (AvgIpc) is 3.66. The van der Waals surface area contributed by atoms with Gasteiger partial charge >= 0.3 is 12.1 Å². The van der Waals surface area contributed by atoms with Crippen LogP contribution in [0.5, 0.6) is 0 Å². The van der Waals surface area contributed by atoms with Crippen LogP contribution in [0.25, 0.3) is 11.1 Å². The predicted octanol–water partition coefficient (Wildman–Crippen LogP) is 4.41. The standard InChI is InChI=1S/C28H32N2O5/c1-27(25(32)33)14-7-15-30(17-27)24(31)28(2,18-12-13-18)29-26(34)35-16-23-21-10-5-3-8-19(21)20-9-4-6-11-22(20)23/h3-6,8-11,18,23H,7,12-17H2,1-2H3,(H,29,34)(H,32,33). The van der Waals surface area contributed by atoms with E-state index in [1.807, 2.05) is 24.3 Å². The Labute approximate surface area is 205 Å². The number of aliphatic carboxylic acids is 1. The van der Waals surface area contributed by atoms with Crippen LogP contribution in [-0.4, -0.2) is 53.2 Å². The molecule has 3 aliphatic rings. The van der Waals surface area contributed by atoms with Gasteiger partial charge in [-0.15, -0.1) is 0 Å². The number of fused-ring (bicyclic) bond motifs is 3. The van der Waals surface area contributed by atoms with Gasteiger partial charge in [0.05, 0.1) is 5.41 Å². The molecule has 1 saturated carbocycles. The van der Waals surface area contributed by atoms with Gasteiger partial charge in [0, 0.05) is 19.0 Å². The van der Waals surface area contributed by atoms with E-state index >= 15 is 0 Å². The molecule has 0 radical (unpaired) electrons. The van der Waals surface area contributed by atoms with Crippen molar-refractivity contribution in [1.29, 1.82) is 0 Å². The molecule has 2 unspecified atom stereocenters. The number of carboxylic acid groups (broad SMARTS) is 1. The molecule has 1 heterocycles. The molecule has 2 fully saturated rings. The largest absolute Gasteiger partial charge is 0.481 e. The van der Waals surface area contributed by atoms with Crippen molar-refractivity contribution in [3.8, 4) is 11.1 Å². The first kappa shape index (κ1) is 23.4. The summed E-state index contributed by atoms with van der Waals surface area (Å²) < 4.78 is 5.72. The zero-order valence-electron chi connectivity index (χ0n) is 20.3. The van der Waals surface area contributed by atoms with Gasteiger partial charge in [0.2, 0.25) is 5.91 Å². The highest BCUT2D eigenvalue weighted by Gasteiger charge is 2.52. The molecule has 2 aromatic carbocycles. The maximum absolute atomic E-state index is 13.6. The van der Waals surface area contributed by atoms with Gasteiger partial charge in [0.1, 0.15) is 12.1 Å². The molecule has 0 spiro atoms. The molecule has 7 heteroatoms. The van der Waals surface area contributed by atoms with Crippen molar-refractivity contribution in [2.45, 2.75) is 51.0 Å². The number of nitrogens with one attached hydrogen (secondary N) is 1. The normalized spacial score (nSPS) is 23.1. The lowest BCUT2D eigenvalue weighted by Gasteiger charge is -2.42. The van der Waals surface area contributed by atoms with E-state index in [-0.39, 0.29) is 30.9 Å². The first-order chi connectivity index (χ1) is 16.7. The Bertz CT molecular complexity index is 1130. The number of piperidine rings is 1.